The van der Waals surface area contributed by atoms with Gasteiger partial charge in [0.25, 0.3) is 0 Å². The van der Waals surface area contributed by atoms with Crippen molar-refractivity contribution in [3.8, 4) is 5.69 Å². The summed E-state index contributed by atoms with van der Waals surface area (Å²) in [5.41, 5.74) is 2.18. The minimum absolute atomic E-state index is 0.251. The van der Waals surface area contributed by atoms with E-state index in [0.717, 1.165) is 60.1 Å². The van der Waals surface area contributed by atoms with Crippen molar-refractivity contribution in [1.82, 2.24) is 24.8 Å². The summed E-state index contributed by atoms with van der Waals surface area (Å²) in [5, 5.41) is 11.3. The Morgan fingerprint density at radius 2 is 1.81 bits per heavy atom. The molecule has 192 valence electrons. The SMILES string of the molecule is Cc1nc(C2CCC(c3nnc4n3-c3ccc(Cl)cc3CN(OC(=O)OC(C)(C)C)C4)CC2)oc1C. The van der Waals surface area contributed by atoms with Crippen LogP contribution in [0.1, 0.15) is 92.8 Å². The molecule has 9 nitrogen and oxygen atoms in total. The maximum atomic E-state index is 12.4. The van der Waals surface area contributed by atoms with Crippen molar-refractivity contribution < 1.29 is 18.8 Å². The molecule has 1 fully saturated rings. The van der Waals surface area contributed by atoms with E-state index >= 15 is 0 Å². The number of aromatic nitrogens is 4. The lowest BCUT2D eigenvalue weighted by molar-refractivity contribution is -0.155. The summed E-state index contributed by atoms with van der Waals surface area (Å²) >= 11 is 6.34. The van der Waals surface area contributed by atoms with Crippen LogP contribution in [0.4, 0.5) is 4.79 Å². The first-order valence-electron chi connectivity index (χ1n) is 12.4. The van der Waals surface area contributed by atoms with Gasteiger partial charge in [0.1, 0.15) is 17.2 Å². The van der Waals surface area contributed by atoms with Crippen molar-refractivity contribution >= 4 is 17.8 Å². The minimum atomic E-state index is -0.755. The monoisotopic (exact) mass is 513 g/mol. The molecule has 1 aromatic carbocycles. The maximum absolute atomic E-state index is 12.4. The van der Waals surface area contributed by atoms with Gasteiger partial charge in [-0.3, -0.25) is 4.57 Å². The number of rotatable bonds is 3. The second kappa shape index (κ2) is 9.52. The van der Waals surface area contributed by atoms with Gasteiger partial charge in [-0.15, -0.1) is 15.3 Å². The van der Waals surface area contributed by atoms with E-state index in [-0.39, 0.29) is 12.5 Å². The van der Waals surface area contributed by atoms with E-state index in [1.54, 1.807) is 25.8 Å². The van der Waals surface area contributed by atoms with Gasteiger partial charge in [0.2, 0.25) is 0 Å². The number of ether oxygens (including phenoxy) is 1. The molecule has 36 heavy (non-hydrogen) atoms. The molecule has 0 atom stereocenters. The molecule has 1 saturated carbocycles. The van der Waals surface area contributed by atoms with Gasteiger partial charge in [-0.25, -0.2) is 9.78 Å². The molecule has 3 aromatic rings. The summed E-state index contributed by atoms with van der Waals surface area (Å²) < 4.78 is 13.4. The van der Waals surface area contributed by atoms with Crippen LogP contribution in [-0.2, 0) is 22.7 Å². The molecule has 10 heteroatoms. The smallest absolute Gasteiger partial charge is 0.445 e. The number of halogens is 1. The molecule has 0 bridgehead atoms. The van der Waals surface area contributed by atoms with E-state index in [1.165, 1.54) is 0 Å². The number of fused-ring (bicyclic) bond motifs is 3. The van der Waals surface area contributed by atoms with Gasteiger partial charge in [-0.05, 0) is 84.1 Å². The average Bonchev–Trinajstić information content (AvgIpc) is 3.31. The molecule has 0 radical (unpaired) electrons. The third-order valence-corrected chi connectivity index (χ3v) is 7.02. The number of oxazole rings is 1. The summed E-state index contributed by atoms with van der Waals surface area (Å²) in [5.74, 6) is 3.94. The van der Waals surface area contributed by atoms with Crippen LogP contribution >= 0.6 is 11.6 Å². The molecule has 2 aromatic heterocycles. The molecule has 0 N–H and O–H groups in total. The molecule has 5 rings (SSSR count). The fourth-order valence-electron chi connectivity index (χ4n) is 4.97. The number of hydroxylamine groups is 2. The molecule has 0 amide bonds. The van der Waals surface area contributed by atoms with Gasteiger partial charge in [0, 0.05) is 16.9 Å². The highest BCUT2D eigenvalue weighted by atomic mass is 35.5. The molecule has 1 aliphatic heterocycles. The van der Waals surface area contributed by atoms with Crippen molar-refractivity contribution in [3.63, 3.8) is 0 Å². The first kappa shape index (κ1) is 24.8. The quantitative estimate of drug-likeness (QED) is 0.385. The van der Waals surface area contributed by atoms with Crippen LogP contribution < -0.4 is 0 Å². The molecular formula is C26H32ClN5O4. The van der Waals surface area contributed by atoms with Crippen molar-refractivity contribution in [1.29, 1.82) is 0 Å². The van der Waals surface area contributed by atoms with Gasteiger partial charge >= 0.3 is 6.16 Å². The molecular weight excluding hydrogens is 482 g/mol. The summed E-state index contributed by atoms with van der Waals surface area (Å²) in [6.07, 6.45) is 3.13. The summed E-state index contributed by atoms with van der Waals surface area (Å²) in [6, 6.07) is 5.74. The second-order valence-corrected chi connectivity index (χ2v) is 11.1. The lowest BCUT2D eigenvalue weighted by Gasteiger charge is -2.26. The molecule has 0 spiro atoms. The summed E-state index contributed by atoms with van der Waals surface area (Å²) in [6.45, 7) is 9.98. The number of carbonyl (C=O) groups excluding carboxylic acids is 1. The molecule has 0 saturated heterocycles. The first-order chi connectivity index (χ1) is 17.1. The Morgan fingerprint density at radius 3 is 2.47 bits per heavy atom. The minimum Gasteiger partial charge on any atom is -0.445 e. The Labute approximate surface area is 215 Å². The predicted molar refractivity (Wildman–Crippen MR) is 133 cm³/mol. The van der Waals surface area contributed by atoms with Crippen molar-refractivity contribution in [2.24, 2.45) is 0 Å². The van der Waals surface area contributed by atoms with E-state index in [0.29, 0.717) is 23.3 Å². The third kappa shape index (κ3) is 5.13. The Hall–Kier alpha value is -2.91. The van der Waals surface area contributed by atoms with Gasteiger partial charge in [0.05, 0.1) is 24.5 Å². The highest BCUT2D eigenvalue weighted by Crippen LogP contribution is 2.41. The second-order valence-electron chi connectivity index (χ2n) is 10.7. The fourth-order valence-corrected chi connectivity index (χ4v) is 5.17. The Morgan fingerprint density at radius 1 is 1.08 bits per heavy atom. The Kier molecular flexibility index (Phi) is 6.55. The molecule has 1 aliphatic carbocycles. The number of benzene rings is 1. The third-order valence-electron chi connectivity index (χ3n) is 6.78. The van der Waals surface area contributed by atoms with Crippen LogP contribution in [0.15, 0.2) is 22.6 Å². The molecule has 0 unspecified atom stereocenters. The van der Waals surface area contributed by atoms with Crippen LogP contribution in [0, 0.1) is 13.8 Å². The van der Waals surface area contributed by atoms with E-state index in [1.807, 2.05) is 32.0 Å². The fraction of sp³-hybridized carbons (Fsp3) is 0.538. The zero-order chi connectivity index (χ0) is 25.6. The predicted octanol–water partition coefficient (Wildman–Crippen LogP) is 6.15. The number of hydrogen-bond donors (Lipinski definition) is 0. The maximum Gasteiger partial charge on any atom is 0.528 e. The van der Waals surface area contributed by atoms with Crippen LogP contribution in [0.5, 0.6) is 0 Å². The Bertz CT molecular complexity index is 1250. The van der Waals surface area contributed by atoms with E-state index in [2.05, 4.69) is 19.7 Å². The average molecular weight is 514 g/mol. The number of carbonyl (C=O) groups is 1. The van der Waals surface area contributed by atoms with Gasteiger partial charge in [-0.2, -0.15) is 0 Å². The lowest BCUT2D eigenvalue weighted by Crippen LogP contribution is -2.31. The summed E-state index contributed by atoms with van der Waals surface area (Å²) in [7, 11) is 0. The Balaban J connectivity index is 1.40. The van der Waals surface area contributed by atoms with E-state index in [9.17, 15) is 4.79 Å². The normalized spacial score (nSPS) is 20.4. The van der Waals surface area contributed by atoms with Gasteiger partial charge in [-0.1, -0.05) is 11.6 Å². The zero-order valence-electron chi connectivity index (χ0n) is 21.4. The van der Waals surface area contributed by atoms with Gasteiger partial charge in [0.15, 0.2) is 11.7 Å². The first-order valence-corrected chi connectivity index (χ1v) is 12.8. The highest BCUT2D eigenvalue weighted by Gasteiger charge is 2.33. The van der Waals surface area contributed by atoms with Crippen molar-refractivity contribution in [3.05, 3.63) is 57.8 Å². The van der Waals surface area contributed by atoms with E-state index in [4.69, 9.17) is 25.6 Å². The van der Waals surface area contributed by atoms with E-state index < -0.39 is 11.8 Å². The van der Waals surface area contributed by atoms with Gasteiger partial charge < -0.3 is 14.0 Å². The summed E-state index contributed by atoms with van der Waals surface area (Å²) in [4.78, 5) is 22.6. The zero-order valence-corrected chi connectivity index (χ0v) is 22.1. The number of aryl methyl sites for hydroxylation is 2. The topological polar surface area (TPSA) is 95.5 Å². The van der Waals surface area contributed by atoms with Crippen molar-refractivity contribution in [2.45, 2.75) is 90.8 Å². The van der Waals surface area contributed by atoms with Crippen molar-refractivity contribution in [2.75, 3.05) is 0 Å². The van der Waals surface area contributed by atoms with Crippen LogP contribution in [0.3, 0.4) is 0 Å². The largest absolute Gasteiger partial charge is 0.528 e. The lowest BCUT2D eigenvalue weighted by atomic mass is 9.81. The molecule has 3 heterocycles. The van der Waals surface area contributed by atoms with Crippen LogP contribution in [-0.4, -0.2) is 36.6 Å². The molecule has 2 aliphatic rings. The van der Waals surface area contributed by atoms with Crippen LogP contribution in [0.2, 0.25) is 5.02 Å². The highest BCUT2D eigenvalue weighted by molar-refractivity contribution is 6.30. The standard InChI is InChI=1S/C26H32ClN5O4/c1-15-16(2)34-24(28-15)18-8-6-17(7-9-18)23-30-29-22-14-31(36-25(33)35-26(3,4)5)13-19-12-20(27)10-11-21(19)32(22)23/h10-12,17-18H,6-9,13-14H2,1-5H3. The van der Waals surface area contributed by atoms with Crippen LogP contribution in [0.25, 0.3) is 5.69 Å². The number of nitrogens with zero attached hydrogens (tertiary/aromatic N) is 5. The number of hydrogen-bond acceptors (Lipinski definition) is 8.